The van der Waals surface area contributed by atoms with Crippen LogP contribution in [0.5, 0.6) is 5.75 Å². The fraction of sp³-hybridized carbons (Fsp3) is 0.619. The fourth-order valence-corrected chi connectivity index (χ4v) is 3.71. The van der Waals surface area contributed by atoms with E-state index in [1.54, 1.807) is 6.08 Å². The summed E-state index contributed by atoms with van der Waals surface area (Å²) in [6.45, 7) is 15.6. The number of ether oxygens (including phenoxy) is 2. The van der Waals surface area contributed by atoms with Crippen molar-refractivity contribution in [2.45, 2.75) is 77.4 Å². The predicted molar refractivity (Wildman–Crippen MR) is 101 cm³/mol. The number of benzene rings is 1. The van der Waals surface area contributed by atoms with E-state index >= 15 is 0 Å². The van der Waals surface area contributed by atoms with E-state index in [-0.39, 0.29) is 17.2 Å². The summed E-state index contributed by atoms with van der Waals surface area (Å²) < 4.78 is 12.0. The summed E-state index contributed by atoms with van der Waals surface area (Å²) in [6.07, 6.45) is 4.30. The maximum absolute atomic E-state index is 6.27. The van der Waals surface area contributed by atoms with Crippen LogP contribution in [0.3, 0.4) is 0 Å². The second-order valence-electron chi connectivity index (χ2n) is 7.96. The molecule has 1 aromatic carbocycles. The van der Waals surface area contributed by atoms with Crippen molar-refractivity contribution in [1.82, 2.24) is 5.06 Å². The molecule has 25 heavy (non-hydrogen) atoms. The molecular weight excluding hydrogens is 314 g/mol. The van der Waals surface area contributed by atoms with Crippen LogP contribution in [0.4, 0.5) is 0 Å². The molecule has 0 aromatic heterocycles. The van der Waals surface area contributed by atoms with E-state index in [4.69, 9.17) is 14.3 Å². The zero-order valence-electron chi connectivity index (χ0n) is 16.3. The van der Waals surface area contributed by atoms with Crippen LogP contribution in [0.1, 0.15) is 53.9 Å². The number of hydrogen-bond donors (Lipinski definition) is 0. The predicted octanol–water partition coefficient (Wildman–Crippen LogP) is 4.96. The van der Waals surface area contributed by atoms with Gasteiger partial charge in [-0.25, -0.2) is 0 Å². The minimum absolute atomic E-state index is 0.165. The van der Waals surface area contributed by atoms with Gasteiger partial charge in [0.05, 0.1) is 6.10 Å². The first-order valence-electron chi connectivity index (χ1n) is 9.21. The summed E-state index contributed by atoms with van der Waals surface area (Å²) in [5.41, 5.74) is -0.330. The second kappa shape index (κ2) is 8.35. The van der Waals surface area contributed by atoms with Gasteiger partial charge in [-0.1, -0.05) is 31.7 Å². The standard InChI is InChI=1S/C21H33NO3/c1-7-14-23-18-15-20(3,4)22(21(5,6)16-18)25-19(8-2)24-17-12-10-9-11-13-17/h8-13,18-19H,2,7,14-16H2,1,3-6H3. The Morgan fingerprint density at radius 2 is 1.76 bits per heavy atom. The Morgan fingerprint density at radius 3 is 2.28 bits per heavy atom. The zero-order valence-corrected chi connectivity index (χ0v) is 16.3. The average Bonchev–Trinajstić information content (AvgIpc) is 2.55. The minimum atomic E-state index is -0.533. The highest BCUT2D eigenvalue weighted by Gasteiger charge is 2.47. The lowest BCUT2D eigenvalue weighted by atomic mass is 9.80. The first kappa shape index (κ1) is 20.0. The van der Waals surface area contributed by atoms with Crippen LogP contribution in [0.15, 0.2) is 43.0 Å². The molecule has 1 aliphatic rings. The summed E-state index contributed by atoms with van der Waals surface area (Å²) in [5.74, 6) is 0.768. The first-order valence-corrected chi connectivity index (χ1v) is 9.21. The van der Waals surface area contributed by atoms with Crippen molar-refractivity contribution in [3.63, 3.8) is 0 Å². The summed E-state index contributed by atoms with van der Waals surface area (Å²) in [6, 6.07) is 9.69. The highest BCUT2D eigenvalue weighted by Crippen LogP contribution is 2.40. The lowest BCUT2D eigenvalue weighted by molar-refractivity contribution is -0.335. The number of nitrogens with zero attached hydrogens (tertiary/aromatic N) is 1. The Balaban J connectivity index is 2.09. The molecule has 0 aliphatic carbocycles. The van der Waals surface area contributed by atoms with Gasteiger partial charge in [0.15, 0.2) is 0 Å². The molecule has 140 valence electrons. The molecule has 4 nitrogen and oxygen atoms in total. The van der Waals surface area contributed by atoms with Crippen LogP contribution in [0, 0.1) is 0 Å². The normalized spacial score (nSPS) is 21.6. The minimum Gasteiger partial charge on any atom is -0.460 e. The number of piperidine rings is 1. The third kappa shape index (κ3) is 5.30. The van der Waals surface area contributed by atoms with Gasteiger partial charge in [0.2, 0.25) is 6.29 Å². The van der Waals surface area contributed by atoms with Crippen LogP contribution in [-0.4, -0.2) is 35.1 Å². The lowest BCUT2D eigenvalue weighted by Gasteiger charge is -2.54. The number of hydrogen-bond acceptors (Lipinski definition) is 4. The summed E-state index contributed by atoms with van der Waals surface area (Å²) in [4.78, 5) is 6.27. The molecule has 1 fully saturated rings. The quantitative estimate of drug-likeness (QED) is 0.491. The second-order valence-corrected chi connectivity index (χ2v) is 7.96. The van der Waals surface area contributed by atoms with Crippen molar-refractivity contribution in [1.29, 1.82) is 0 Å². The molecule has 0 amide bonds. The zero-order chi connectivity index (χ0) is 18.5. The maximum atomic E-state index is 6.27. The molecule has 1 atom stereocenters. The third-order valence-electron chi connectivity index (χ3n) is 4.51. The fourth-order valence-electron chi connectivity index (χ4n) is 3.71. The van der Waals surface area contributed by atoms with E-state index in [0.717, 1.165) is 31.6 Å². The third-order valence-corrected chi connectivity index (χ3v) is 4.51. The van der Waals surface area contributed by atoms with Gasteiger partial charge < -0.3 is 9.47 Å². The molecule has 1 aromatic rings. The molecule has 0 radical (unpaired) electrons. The number of para-hydroxylation sites is 1. The van der Waals surface area contributed by atoms with Crippen molar-refractivity contribution in [3.8, 4) is 5.75 Å². The van der Waals surface area contributed by atoms with Gasteiger partial charge in [-0.2, -0.15) is 5.06 Å². The molecule has 1 unspecified atom stereocenters. The molecule has 0 spiro atoms. The van der Waals surface area contributed by atoms with E-state index in [1.165, 1.54) is 0 Å². The highest BCUT2D eigenvalue weighted by atomic mass is 16.8. The smallest absolute Gasteiger partial charge is 0.237 e. The Labute approximate surface area is 152 Å². The molecule has 1 aliphatic heterocycles. The molecule has 1 heterocycles. The number of hydroxylamine groups is 2. The van der Waals surface area contributed by atoms with Gasteiger partial charge >= 0.3 is 0 Å². The molecule has 0 saturated carbocycles. The van der Waals surface area contributed by atoms with E-state index in [2.05, 4.69) is 46.3 Å². The van der Waals surface area contributed by atoms with Crippen LogP contribution >= 0.6 is 0 Å². The van der Waals surface area contributed by atoms with E-state index < -0.39 is 6.29 Å². The molecule has 0 bridgehead atoms. The Kier molecular flexibility index (Phi) is 6.66. The van der Waals surface area contributed by atoms with Crippen LogP contribution in [-0.2, 0) is 9.57 Å². The Morgan fingerprint density at radius 1 is 1.16 bits per heavy atom. The van der Waals surface area contributed by atoms with Gasteiger partial charge in [-0.15, -0.1) is 0 Å². The molecule has 0 N–H and O–H groups in total. The molecular formula is C21H33NO3. The number of rotatable bonds is 8. The molecule has 1 saturated heterocycles. The van der Waals surface area contributed by atoms with Crippen molar-refractivity contribution >= 4 is 0 Å². The van der Waals surface area contributed by atoms with Gasteiger partial charge in [-0.3, -0.25) is 4.84 Å². The maximum Gasteiger partial charge on any atom is 0.237 e. The molecule has 2 rings (SSSR count). The van der Waals surface area contributed by atoms with Crippen molar-refractivity contribution in [2.24, 2.45) is 0 Å². The SMILES string of the molecule is C=CC(Oc1ccccc1)ON1C(C)(C)CC(OCCC)CC1(C)C. The van der Waals surface area contributed by atoms with Crippen molar-refractivity contribution in [2.75, 3.05) is 6.61 Å². The lowest BCUT2D eigenvalue weighted by Crippen LogP contribution is -2.63. The topological polar surface area (TPSA) is 30.9 Å². The Bertz CT molecular complexity index is 523. The van der Waals surface area contributed by atoms with Crippen LogP contribution in [0.25, 0.3) is 0 Å². The average molecular weight is 347 g/mol. The van der Waals surface area contributed by atoms with Gasteiger partial charge in [0, 0.05) is 17.7 Å². The van der Waals surface area contributed by atoms with Crippen molar-refractivity contribution < 1.29 is 14.3 Å². The largest absolute Gasteiger partial charge is 0.460 e. The van der Waals surface area contributed by atoms with E-state index in [0.29, 0.717) is 0 Å². The summed E-state index contributed by atoms with van der Waals surface area (Å²) >= 11 is 0. The highest BCUT2D eigenvalue weighted by molar-refractivity contribution is 5.21. The monoisotopic (exact) mass is 347 g/mol. The summed E-state index contributed by atoms with van der Waals surface area (Å²) in [7, 11) is 0. The van der Waals surface area contributed by atoms with E-state index in [9.17, 15) is 0 Å². The van der Waals surface area contributed by atoms with Crippen LogP contribution < -0.4 is 4.74 Å². The van der Waals surface area contributed by atoms with Crippen LogP contribution in [0.2, 0.25) is 0 Å². The van der Waals surface area contributed by atoms with Crippen molar-refractivity contribution in [3.05, 3.63) is 43.0 Å². The van der Waals surface area contributed by atoms with Gasteiger partial charge in [0.1, 0.15) is 5.75 Å². The first-order chi connectivity index (χ1) is 11.8. The van der Waals surface area contributed by atoms with Gasteiger partial charge in [-0.05, 0) is 65.2 Å². The van der Waals surface area contributed by atoms with Gasteiger partial charge in [0.25, 0.3) is 0 Å². The molecule has 4 heteroatoms. The Hall–Kier alpha value is -1.36. The summed E-state index contributed by atoms with van der Waals surface area (Å²) in [5, 5.41) is 2.07. The van der Waals surface area contributed by atoms with E-state index in [1.807, 2.05) is 30.3 Å².